The first-order valence-corrected chi connectivity index (χ1v) is 11.5. The average molecular weight is 396 g/mol. The molecule has 1 aliphatic heterocycles. The number of likely N-dealkylation sites (tertiary alicyclic amines) is 1. The van der Waals surface area contributed by atoms with Crippen LogP contribution < -0.4 is 4.72 Å². The topological polar surface area (TPSA) is 69.7 Å². The molecule has 1 saturated heterocycles. The highest BCUT2D eigenvalue weighted by molar-refractivity contribution is 7.89. The normalized spacial score (nSPS) is 16.4. The molecule has 0 saturated carbocycles. The van der Waals surface area contributed by atoms with Crippen molar-refractivity contribution in [1.82, 2.24) is 14.5 Å². The molecule has 1 aromatic carbocycles. The molecule has 0 aliphatic carbocycles. The van der Waals surface area contributed by atoms with Crippen molar-refractivity contribution in [2.24, 2.45) is 0 Å². The van der Waals surface area contributed by atoms with Crippen LogP contribution in [0.3, 0.4) is 0 Å². The Hall–Kier alpha value is -1.44. The van der Waals surface area contributed by atoms with Crippen LogP contribution in [-0.4, -0.2) is 62.9 Å². The number of amides is 1. The van der Waals surface area contributed by atoms with Crippen molar-refractivity contribution in [3.05, 3.63) is 29.8 Å². The number of carbonyl (C=O) groups is 1. The minimum atomic E-state index is -3.54. The highest BCUT2D eigenvalue weighted by atomic mass is 32.2. The number of carbonyl (C=O) groups excluding carboxylic acids is 1. The van der Waals surface area contributed by atoms with E-state index in [0.29, 0.717) is 12.1 Å². The molecule has 0 aromatic heterocycles. The molecule has 152 valence electrons. The molecule has 6 nitrogen and oxygen atoms in total. The van der Waals surface area contributed by atoms with Crippen LogP contribution >= 0.6 is 0 Å². The van der Waals surface area contributed by atoms with Crippen LogP contribution in [0.5, 0.6) is 0 Å². The van der Waals surface area contributed by atoms with Gasteiger partial charge in [-0.2, -0.15) is 0 Å². The molecule has 1 fully saturated rings. The lowest BCUT2D eigenvalue weighted by molar-refractivity contribution is 0.0758. The molecule has 7 heteroatoms. The molecular formula is C20H33N3O3S. The van der Waals surface area contributed by atoms with Crippen molar-refractivity contribution >= 4 is 15.9 Å². The third-order valence-electron chi connectivity index (χ3n) is 5.15. The Kier molecular flexibility index (Phi) is 8.26. The van der Waals surface area contributed by atoms with E-state index < -0.39 is 10.0 Å². The Morgan fingerprint density at radius 3 is 2.37 bits per heavy atom. The second-order valence-corrected chi connectivity index (χ2v) is 8.96. The summed E-state index contributed by atoms with van der Waals surface area (Å²) in [7, 11) is -3.54. The lowest BCUT2D eigenvalue weighted by Crippen LogP contribution is -2.34. The standard InChI is InChI=1S/C20H33N3O3S/c1-4-17(3)21-27(25,26)19-11-9-18(10-12-19)20(24)23(5-2)16-8-15-22-13-6-7-14-22/h9-12,17,21H,4-8,13-16H2,1-3H3/t17-/m0/s1. The van der Waals surface area contributed by atoms with Gasteiger partial charge in [0.05, 0.1) is 4.90 Å². The van der Waals surface area contributed by atoms with Gasteiger partial charge < -0.3 is 9.80 Å². The zero-order valence-electron chi connectivity index (χ0n) is 16.8. The third-order valence-corrected chi connectivity index (χ3v) is 6.76. The monoisotopic (exact) mass is 395 g/mol. The van der Waals surface area contributed by atoms with E-state index in [1.165, 1.54) is 38.1 Å². The maximum Gasteiger partial charge on any atom is 0.253 e. The van der Waals surface area contributed by atoms with Crippen LogP contribution in [-0.2, 0) is 10.0 Å². The van der Waals surface area contributed by atoms with Crippen LogP contribution in [0.25, 0.3) is 0 Å². The summed E-state index contributed by atoms with van der Waals surface area (Å²) in [5.74, 6) is -0.0437. The van der Waals surface area contributed by atoms with Crippen molar-refractivity contribution in [3.8, 4) is 0 Å². The lowest BCUT2D eigenvalue weighted by atomic mass is 10.2. The van der Waals surface area contributed by atoms with Gasteiger partial charge in [0.2, 0.25) is 10.0 Å². The maximum atomic E-state index is 12.7. The molecule has 27 heavy (non-hydrogen) atoms. The predicted molar refractivity (Wildman–Crippen MR) is 108 cm³/mol. The average Bonchev–Trinajstić information content (AvgIpc) is 3.18. The molecule has 0 unspecified atom stereocenters. The number of hydrogen-bond donors (Lipinski definition) is 1. The van der Waals surface area contributed by atoms with Crippen molar-refractivity contribution in [3.63, 3.8) is 0 Å². The number of hydrogen-bond acceptors (Lipinski definition) is 4. The number of sulfonamides is 1. The zero-order chi connectivity index (χ0) is 19.9. The summed E-state index contributed by atoms with van der Waals surface area (Å²) in [5.41, 5.74) is 0.528. The van der Waals surface area contributed by atoms with Gasteiger partial charge in [0.15, 0.2) is 0 Å². The van der Waals surface area contributed by atoms with Gasteiger partial charge in [0.1, 0.15) is 0 Å². The molecular weight excluding hydrogens is 362 g/mol. The number of nitrogens with zero attached hydrogens (tertiary/aromatic N) is 2. The Labute approximate surface area is 164 Å². The van der Waals surface area contributed by atoms with Crippen molar-refractivity contribution in [2.75, 3.05) is 32.7 Å². The molecule has 0 radical (unpaired) electrons. The summed E-state index contributed by atoms with van der Waals surface area (Å²) in [6, 6.07) is 6.11. The largest absolute Gasteiger partial charge is 0.339 e. The second-order valence-electron chi connectivity index (χ2n) is 7.24. The maximum absolute atomic E-state index is 12.7. The summed E-state index contributed by atoms with van der Waals surface area (Å²) in [5, 5.41) is 0. The molecule has 1 N–H and O–H groups in total. The van der Waals surface area contributed by atoms with Crippen LogP contribution in [0.1, 0.15) is 56.8 Å². The summed E-state index contributed by atoms with van der Waals surface area (Å²) in [6.07, 6.45) is 4.23. The molecule has 0 bridgehead atoms. The van der Waals surface area contributed by atoms with Crippen molar-refractivity contribution in [2.45, 2.75) is 57.4 Å². The molecule has 2 rings (SSSR count). The van der Waals surface area contributed by atoms with Crippen LogP contribution in [0.15, 0.2) is 29.2 Å². The smallest absolute Gasteiger partial charge is 0.253 e. The van der Waals surface area contributed by atoms with E-state index in [1.54, 1.807) is 12.1 Å². The summed E-state index contributed by atoms with van der Waals surface area (Å²) in [4.78, 5) is 17.2. The fourth-order valence-electron chi connectivity index (χ4n) is 3.27. The summed E-state index contributed by atoms with van der Waals surface area (Å²) >= 11 is 0. The second kappa shape index (κ2) is 10.2. The number of nitrogens with one attached hydrogen (secondary N) is 1. The first-order chi connectivity index (χ1) is 12.9. The molecule has 1 heterocycles. The van der Waals surface area contributed by atoms with E-state index >= 15 is 0 Å². The van der Waals surface area contributed by atoms with Crippen LogP contribution in [0.2, 0.25) is 0 Å². The van der Waals surface area contributed by atoms with Gasteiger partial charge in [-0.25, -0.2) is 13.1 Å². The lowest BCUT2D eigenvalue weighted by Gasteiger charge is -2.23. The SMILES string of the molecule is CC[C@H](C)NS(=O)(=O)c1ccc(C(=O)N(CC)CCCN2CCCC2)cc1. The van der Waals surface area contributed by atoms with Gasteiger partial charge >= 0.3 is 0 Å². The highest BCUT2D eigenvalue weighted by Crippen LogP contribution is 2.14. The molecule has 0 spiro atoms. The Morgan fingerprint density at radius 2 is 1.81 bits per heavy atom. The van der Waals surface area contributed by atoms with Crippen LogP contribution in [0.4, 0.5) is 0 Å². The minimum Gasteiger partial charge on any atom is -0.339 e. The Morgan fingerprint density at radius 1 is 1.19 bits per heavy atom. The van der Waals surface area contributed by atoms with Gasteiger partial charge in [-0.05, 0) is 83.4 Å². The van der Waals surface area contributed by atoms with E-state index in [1.807, 2.05) is 25.7 Å². The number of benzene rings is 1. The Bertz CT molecular complexity index is 698. The van der Waals surface area contributed by atoms with Crippen molar-refractivity contribution in [1.29, 1.82) is 0 Å². The summed E-state index contributed by atoms with van der Waals surface area (Å²) < 4.78 is 27.3. The fourth-order valence-corrected chi connectivity index (χ4v) is 4.60. The summed E-state index contributed by atoms with van der Waals surface area (Å²) in [6.45, 7) is 10.5. The van der Waals surface area contributed by atoms with Gasteiger partial charge in [-0.1, -0.05) is 6.92 Å². The first kappa shape index (κ1) is 21.9. The van der Waals surface area contributed by atoms with Gasteiger partial charge in [-0.3, -0.25) is 4.79 Å². The molecule has 1 amide bonds. The predicted octanol–water partition coefficient (Wildman–Crippen LogP) is 2.71. The van der Waals surface area contributed by atoms with E-state index in [9.17, 15) is 13.2 Å². The van der Waals surface area contributed by atoms with E-state index in [4.69, 9.17) is 0 Å². The van der Waals surface area contributed by atoms with E-state index in [0.717, 1.165) is 25.9 Å². The first-order valence-electron chi connectivity index (χ1n) is 10.0. The minimum absolute atomic E-state index is 0.0437. The van der Waals surface area contributed by atoms with Gasteiger partial charge in [-0.15, -0.1) is 0 Å². The third kappa shape index (κ3) is 6.30. The molecule has 1 atom stereocenters. The van der Waals surface area contributed by atoms with Crippen LogP contribution in [0, 0.1) is 0 Å². The highest BCUT2D eigenvalue weighted by Gasteiger charge is 2.19. The Balaban J connectivity index is 1.96. The van der Waals surface area contributed by atoms with Crippen molar-refractivity contribution < 1.29 is 13.2 Å². The fraction of sp³-hybridized carbons (Fsp3) is 0.650. The zero-order valence-corrected chi connectivity index (χ0v) is 17.6. The van der Waals surface area contributed by atoms with E-state index in [2.05, 4.69) is 9.62 Å². The quantitative estimate of drug-likeness (QED) is 0.661. The molecule has 1 aromatic rings. The van der Waals surface area contributed by atoms with E-state index in [-0.39, 0.29) is 16.8 Å². The molecule has 1 aliphatic rings. The number of rotatable bonds is 10. The van der Waals surface area contributed by atoms with Gasteiger partial charge in [0, 0.05) is 24.7 Å². The van der Waals surface area contributed by atoms with Gasteiger partial charge in [0.25, 0.3) is 5.91 Å².